The van der Waals surface area contributed by atoms with Crippen molar-refractivity contribution in [3.8, 4) is 0 Å². The molecule has 0 radical (unpaired) electrons. The maximum absolute atomic E-state index is 14.6. The van der Waals surface area contributed by atoms with E-state index in [-0.39, 0.29) is 38.1 Å². The molecule has 0 unspecified atom stereocenters. The zero-order valence-corrected chi connectivity index (χ0v) is 20.1. The number of fused-ring (bicyclic) bond motifs is 13. The summed E-state index contributed by atoms with van der Waals surface area (Å²) in [5, 5.41) is 4.69. The average molecular weight is 505 g/mol. The minimum absolute atomic E-state index is 0.0169. The molecule has 39 heavy (non-hydrogen) atoms. The van der Waals surface area contributed by atoms with E-state index in [2.05, 4.69) is 4.98 Å². The van der Waals surface area contributed by atoms with Crippen LogP contribution in [-0.2, 0) is 0 Å². The van der Waals surface area contributed by atoms with Crippen LogP contribution in [0.3, 0.4) is 0 Å². The van der Waals surface area contributed by atoms with Crippen molar-refractivity contribution in [1.82, 2.24) is 4.98 Å². The first-order chi connectivity index (χ1) is 19.1. The minimum atomic E-state index is -0.730. The highest BCUT2D eigenvalue weighted by Gasteiger charge is 2.25. The van der Waals surface area contributed by atoms with Gasteiger partial charge in [0.2, 0.25) is 5.71 Å². The smallest absolute Gasteiger partial charge is 0.345 e. The van der Waals surface area contributed by atoms with Crippen molar-refractivity contribution in [3.63, 3.8) is 0 Å². The maximum Gasteiger partial charge on any atom is 0.345 e. The van der Waals surface area contributed by atoms with Gasteiger partial charge in [-0.1, -0.05) is 66.7 Å². The number of benzene rings is 4. The predicted octanol–water partition coefficient (Wildman–Crippen LogP) is 5.63. The fourth-order valence-corrected chi connectivity index (χ4v) is 6.11. The topological polar surface area (TPSA) is 94.3 Å². The quantitative estimate of drug-likeness (QED) is 0.265. The van der Waals surface area contributed by atoms with E-state index >= 15 is 0 Å². The van der Waals surface area contributed by atoms with Gasteiger partial charge in [-0.15, -0.1) is 0 Å². The lowest BCUT2D eigenvalue weighted by Crippen LogP contribution is -2.05. The molecular weight excluding hydrogens is 490 g/mol. The first-order valence-corrected chi connectivity index (χ1v) is 12.4. The maximum atomic E-state index is 14.6. The van der Waals surface area contributed by atoms with E-state index in [0.717, 1.165) is 0 Å². The third-order valence-electron chi connectivity index (χ3n) is 7.68. The van der Waals surface area contributed by atoms with E-state index < -0.39 is 11.1 Å². The second-order valence-electron chi connectivity index (χ2n) is 9.62. The van der Waals surface area contributed by atoms with Gasteiger partial charge in [-0.25, -0.2) is 9.78 Å². The number of rotatable bonds is 0. The molecule has 0 spiro atoms. The van der Waals surface area contributed by atoms with E-state index in [1.54, 1.807) is 54.6 Å². The molecule has 8 aromatic rings. The Labute approximate surface area is 217 Å². The Kier molecular flexibility index (Phi) is 4.16. The van der Waals surface area contributed by atoms with Crippen molar-refractivity contribution in [2.75, 3.05) is 0 Å². The number of pyridine rings is 1. The average Bonchev–Trinajstić information content (AvgIpc) is 3.44. The molecular formula is C33H15NO5. The highest BCUT2D eigenvalue weighted by Crippen LogP contribution is 2.41. The van der Waals surface area contributed by atoms with E-state index in [1.165, 1.54) is 12.3 Å². The zero-order chi connectivity index (χ0) is 26.4. The Bertz CT molecular complexity index is 2640. The Morgan fingerprint density at radius 1 is 0.410 bits per heavy atom. The summed E-state index contributed by atoms with van der Waals surface area (Å²) in [6.45, 7) is 0. The molecule has 0 fully saturated rings. The fraction of sp³-hybridized carbons (Fsp3) is 0. The van der Waals surface area contributed by atoms with Gasteiger partial charge in [0.05, 0.1) is 5.39 Å². The van der Waals surface area contributed by atoms with Gasteiger partial charge in [-0.2, -0.15) is 0 Å². The second kappa shape index (κ2) is 7.52. The van der Waals surface area contributed by atoms with Gasteiger partial charge in [0, 0.05) is 60.1 Å². The Hall–Kier alpha value is -5.49. The second-order valence-corrected chi connectivity index (χ2v) is 9.62. The summed E-state index contributed by atoms with van der Waals surface area (Å²) in [5.74, 6) is 0. The highest BCUT2D eigenvalue weighted by atomic mass is 16.4. The standard InChI is InChI=1S/C33H15NO5/c35-29-18-10-3-1-8-16(18)24-26(29)23-17-9-2-4-11-19(17)30(36)27(23)25-22-14-7-15-34-32(22)39-33(38)21-13-6-5-12-20(21)31(37)28(24)25/h1-15H. The predicted molar refractivity (Wildman–Crippen MR) is 155 cm³/mol. The van der Waals surface area contributed by atoms with Crippen LogP contribution in [0, 0.1) is 0 Å². The third kappa shape index (κ3) is 2.67. The van der Waals surface area contributed by atoms with E-state index in [0.29, 0.717) is 48.5 Å². The van der Waals surface area contributed by atoms with Crippen LogP contribution in [0.15, 0.2) is 115 Å². The summed E-state index contributed by atoms with van der Waals surface area (Å²) in [6, 6.07) is 24.0. The zero-order valence-electron chi connectivity index (χ0n) is 20.1. The number of nitrogens with zero attached hydrogens (tertiary/aromatic N) is 1. The number of hydrogen-bond donors (Lipinski definition) is 0. The summed E-state index contributed by atoms with van der Waals surface area (Å²) >= 11 is 0. The van der Waals surface area contributed by atoms with Crippen molar-refractivity contribution in [3.05, 3.63) is 132 Å². The lowest BCUT2D eigenvalue weighted by Gasteiger charge is -2.05. The van der Waals surface area contributed by atoms with Gasteiger partial charge >= 0.3 is 5.63 Å². The molecule has 0 aliphatic rings. The van der Waals surface area contributed by atoms with E-state index in [1.807, 2.05) is 24.3 Å². The lowest BCUT2D eigenvalue weighted by atomic mass is 9.96. The van der Waals surface area contributed by atoms with Gasteiger partial charge in [0.15, 0.2) is 16.3 Å². The van der Waals surface area contributed by atoms with Gasteiger partial charge < -0.3 is 4.42 Å². The Morgan fingerprint density at radius 2 is 0.795 bits per heavy atom. The SMILES string of the molecule is O=c1oc2ncccc2c2c(c(=O)c3ccccc13)c1c3ccccc3c(=O)c1c1c3ccccc3c(=O)c21. The summed E-state index contributed by atoms with van der Waals surface area (Å²) < 4.78 is 5.75. The van der Waals surface area contributed by atoms with Crippen LogP contribution in [0.25, 0.3) is 75.7 Å². The van der Waals surface area contributed by atoms with Gasteiger partial charge in [-0.05, 0) is 29.0 Å². The van der Waals surface area contributed by atoms with Crippen LogP contribution in [0.4, 0.5) is 0 Å². The molecule has 6 aromatic carbocycles. The normalized spacial score (nSPS) is 12.0. The Balaban J connectivity index is 1.97. The van der Waals surface area contributed by atoms with Gasteiger partial charge in [0.25, 0.3) is 0 Å². The molecule has 182 valence electrons. The monoisotopic (exact) mass is 505 g/mol. The molecule has 0 atom stereocenters. The molecule has 0 saturated carbocycles. The summed E-state index contributed by atoms with van der Waals surface area (Å²) in [4.78, 5) is 60.3. The molecule has 2 heterocycles. The van der Waals surface area contributed by atoms with Crippen molar-refractivity contribution in [2.24, 2.45) is 0 Å². The molecule has 0 amide bonds. The number of aromatic nitrogens is 1. The third-order valence-corrected chi connectivity index (χ3v) is 7.68. The Morgan fingerprint density at radius 3 is 1.31 bits per heavy atom. The number of hydrogen-bond acceptors (Lipinski definition) is 6. The van der Waals surface area contributed by atoms with Crippen LogP contribution < -0.4 is 21.9 Å². The molecule has 0 saturated heterocycles. The van der Waals surface area contributed by atoms with Crippen LogP contribution in [0.1, 0.15) is 0 Å². The first kappa shape index (κ1) is 21.6. The van der Waals surface area contributed by atoms with Gasteiger partial charge in [0.1, 0.15) is 0 Å². The van der Waals surface area contributed by atoms with E-state index in [9.17, 15) is 19.2 Å². The van der Waals surface area contributed by atoms with Crippen molar-refractivity contribution < 1.29 is 4.42 Å². The summed E-state index contributed by atoms with van der Waals surface area (Å²) in [6.07, 6.45) is 1.49. The largest absolute Gasteiger partial charge is 0.403 e. The van der Waals surface area contributed by atoms with Crippen LogP contribution in [0.5, 0.6) is 0 Å². The minimum Gasteiger partial charge on any atom is -0.403 e. The molecule has 0 bridgehead atoms. The van der Waals surface area contributed by atoms with E-state index in [4.69, 9.17) is 4.42 Å². The molecule has 0 aliphatic carbocycles. The lowest BCUT2D eigenvalue weighted by molar-refractivity contribution is 0.560. The van der Waals surface area contributed by atoms with Crippen LogP contribution in [-0.4, -0.2) is 4.98 Å². The summed E-state index contributed by atoms with van der Waals surface area (Å²) in [5.41, 5.74) is -1.77. The van der Waals surface area contributed by atoms with Crippen molar-refractivity contribution >= 4 is 75.7 Å². The fourth-order valence-electron chi connectivity index (χ4n) is 6.11. The first-order valence-electron chi connectivity index (χ1n) is 12.4. The highest BCUT2D eigenvalue weighted by molar-refractivity contribution is 6.41. The molecule has 2 aromatic heterocycles. The van der Waals surface area contributed by atoms with Crippen molar-refractivity contribution in [1.29, 1.82) is 0 Å². The molecule has 6 nitrogen and oxygen atoms in total. The van der Waals surface area contributed by atoms with Crippen molar-refractivity contribution in [2.45, 2.75) is 0 Å². The molecule has 0 aliphatic heterocycles. The molecule has 0 N–H and O–H groups in total. The van der Waals surface area contributed by atoms with Gasteiger partial charge in [-0.3, -0.25) is 14.4 Å². The molecule has 6 heteroatoms. The van der Waals surface area contributed by atoms with Crippen LogP contribution in [0.2, 0.25) is 0 Å². The van der Waals surface area contributed by atoms with Crippen LogP contribution >= 0.6 is 0 Å². The molecule has 8 rings (SSSR count). The summed E-state index contributed by atoms with van der Waals surface area (Å²) in [7, 11) is 0.